The smallest absolute Gasteiger partial charge is 0.263 e. The molecule has 0 spiro atoms. The molecule has 1 N–H and O–H groups in total. The fourth-order valence-corrected chi connectivity index (χ4v) is 2.71. The third-order valence-electron chi connectivity index (χ3n) is 4.11. The maximum absolute atomic E-state index is 12.5. The molecular weight excluding hydrogens is 362 g/mol. The molecular formula is C21H22ClN3O2. The predicted octanol–water partition coefficient (Wildman–Crippen LogP) is 4.06. The highest BCUT2D eigenvalue weighted by atomic mass is 35.5. The molecule has 0 aliphatic rings. The van der Waals surface area contributed by atoms with Gasteiger partial charge in [-0.2, -0.15) is 5.10 Å². The van der Waals surface area contributed by atoms with Crippen LogP contribution in [-0.4, -0.2) is 21.3 Å². The zero-order valence-electron chi connectivity index (χ0n) is 15.4. The average molecular weight is 384 g/mol. The van der Waals surface area contributed by atoms with Crippen molar-refractivity contribution >= 4 is 17.5 Å². The molecule has 0 aliphatic carbocycles. The zero-order valence-corrected chi connectivity index (χ0v) is 16.1. The highest BCUT2D eigenvalue weighted by Crippen LogP contribution is 2.21. The SMILES string of the molecule is CC(C)(Oc1ccc(Cl)cc1)C(=O)NCc1ccc(Cn2cccn2)cc1. The van der Waals surface area contributed by atoms with Crippen LogP contribution in [0.5, 0.6) is 5.75 Å². The third kappa shape index (κ3) is 5.34. The van der Waals surface area contributed by atoms with Gasteiger partial charge in [-0.1, -0.05) is 35.9 Å². The topological polar surface area (TPSA) is 56.1 Å². The molecule has 6 heteroatoms. The Bertz CT molecular complexity index is 873. The summed E-state index contributed by atoms with van der Waals surface area (Å²) in [5, 5.41) is 7.75. The number of hydrogen-bond donors (Lipinski definition) is 1. The maximum atomic E-state index is 12.5. The monoisotopic (exact) mass is 383 g/mol. The van der Waals surface area contributed by atoms with Crippen molar-refractivity contribution in [2.24, 2.45) is 0 Å². The van der Waals surface area contributed by atoms with Crippen molar-refractivity contribution in [1.82, 2.24) is 15.1 Å². The molecule has 3 rings (SSSR count). The van der Waals surface area contributed by atoms with Gasteiger partial charge in [0.25, 0.3) is 5.91 Å². The van der Waals surface area contributed by atoms with Gasteiger partial charge in [0.2, 0.25) is 0 Å². The van der Waals surface area contributed by atoms with E-state index in [1.165, 1.54) is 0 Å². The lowest BCUT2D eigenvalue weighted by molar-refractivity contribution is -0.134. The van der Waals surface area contributed by atoms with E-state index >= 15 is 0 Å². The van der Waals surface area contributed by atoms with Gasteiger partial charge in [-0.25, -0.2) is 0 Å². The second-order valence-electron chi connectivity index (χ2n) is 6.77. The molecule has 1 aromatic heterocycles. The number of hydrogen-bond acceptors (Lipinski definition) is 3. The van der Waals surface area contributed by atoms with Gasteiger partial charge >= 0.3 is 0 Å². The minimum atomic E-state index is -0.992. The Morgan fingerprint density at radius 2 is 1.78 bits per heavy atom. The van der Waals surface area contributed by atoms with Crippen molar-refractivity contribution < 1.29 is 9.53 Å². The summed E-state index contributed by atoms with van der Waals surface area (Å²) in [4.78, 5) is 12.5. The van der Waals surface area contributed by atoms with Gasteiger partial charge in [0.1, 0.15) is 5.75 Å². The van der Waals surface area contributed by atoms with Crippen LogP contribution in [0.1, 0.15) is 25.0 Å². The number of rotatable bonds is 7. The summed E-state index contributed by atoms with van der Waals surface area (Å²) in [5.74, 6) is 0.417. The van der Waals surface area contributed by atoms with Crippen LogP contribution < -0.4 is 10.1 Å². The molecule has 0 radical (unpaired) electrons. The first-order chi connectivity index (χ1) is 12.9. The fourth-order valence-electron chi connectivity index (χ4n) is 2.58. The average Bonchev–Trinajstić information content (AvgIpc) is 3.15. The van der Waals surface area contributed by atoms with Crippen molar-refractivity contribution in [3.05, 3.63) is 83.1 Å². The first-order valence-electron chi connectivity index (χ1n) is 8.70. The van der Waals surface area contributed by atoms with Gasteiger partial charge in [0.15, 0.2) is 5.60 Å². The molecule has 3 aromatic rings. The van der Waals surface area contributed by atoms with Crippen LogP contribution in [0.2, 0.25) is 5.02 Å². The number of nitrogens with one attached hydrogen (secondary N) is 1. The maximum Gasteiger partial charge on any atom is 0.263 e. The molecule has 0 saturated carbocycles. The molecule has 1 heterocycles. The summed E-state index contributed by atoms with van der Waals surface area (Å²) in [5.41, 5.74) is 1.18. The summed E-state index contributed by atoms with van der Waals surface area (Å²) < 4.78 is 7.67. The zero-order chi connectivity index (χ0) is 19.3. The van der Waals surface area contributed by atoms with Gasteiger partial charge in [-0.3, -0.25) is 9.48 Å². The molecule has 27 heavy (non-hydrogen) atoms. The van der Waals surface area contributed by atoms with Crippen molar-refractivity contribution in [3.8, 4) is 5.75 Å². The molecule has 0 fully saturated rings. The number of benzene rings is 2. The lowest BCUT2D eigenvalue weighted by atomic mass is 10.1. The van der Waals surface area contributed by atoms with Crippen LogP contribution in [0.25, 0.3) is 0 Å². The highest BCUT2D eigenvalue weighted by molar-refractivity contribution is 6.30. The Morgan fingerprint density at radius 3 is 2.41 bits per heavy atom. The van der Waals surface area contributed by atoms with Crippen molar-refractivity contribution in [2.45, 2.75) is 32.5 Å². The van der Waals surface area contributed by atoms with E-state index in [0.29, 0.717) is 17.3 Å². The summed E-state index contributed by atoms with van der Waals surface area (Å²) in [6.45, 7) is 4.64. The van der Waals surface area contributed by atoms with E-state index in [1.54, 1.807) is 44.3 Å². The van der Waals surface area contributed by atoms with Crippen LogP contribution >= 0.6 is 11.6 Å². The highest BCUT2D eigenvalue weighted by Gasteiger charge is 2.29. The Kier molecular flexibility index (Phi) is 5.81. The molecule has 5 nitrogen and oxygen atoms in total. The Hall–Kier alpha value is -2.79. The summed E-state index contributed by atoms with van der Waals surface area (Å²) in [6, 6.07) is 16.9. The van der Waals surface area contributed by atoms with Crippen molar-refractivity contribution in [2.75, 3.05) is 0 Å². The van der Waals surface area contributed by atoms with E-state index in [9.17, 15) is 4.79 Å². The summed E-state index contributed by atoms with van der Waals surface area (Å²) >= 11 is 5.87. The number of amides is 1. The van der Waals surface area contributed by atoms with Gasteiger partial charge in [-0.15, -0.1) is 0 Å². The van der Waals surface area contributed by atoms with E-state index < -0.39 is 5.60 Å². The summed E-state index contributed by atoms with van der Waals surface area (Å²) in [7, 11) is 0. The number of carbonyl (C=O) groups excluding carboxylic acids is 1. The molecule has 1 amide bonds. The predicted molar refractivity (Wildman–Crippen MR) is 106 cm³/mol. The first-order valence-corrected chi connectivity index (χ1v) is 9.08. The lowest BCUT2D eigenvalue weighted by Gasteiger charge is -2.25. The van der Waals surface area contributed by atoms with Gasteiger partial charge in [-0.05, 0) is 55.3 Å². The largest absolute Gasteiger partial charge is 0.478 e. The van der Waals surface area contributed by atoms with Crippen molar-refractivity contribution in [3.63, 3.8) is 0 Å². The quantitative estimate of drug-likeness (QED) is 0.669. The Morgan fingerprint density at radius 1 is 1.11 bits per heavy atom. The molecule has 0 bridgehead atoms. The van der Waals surface area contributed by atoms with E-state index in [4.69, 9.17) is 16.3 Å². The van der Waals surface area contributed by atoms with Crippen LogP contribution in [0, 0.1) is 0 Å². The standard InChI is InChI=1S/C21H22ClN3O2/c1-21(2,27-19-10-8-18(22)9-11-19)20(26)23-14-16-4-6-17(7-5-16)15-25-13-3-12-24-25/h3-13H,14-15H2,1-2H3,(H,23,26). The molecule has 0 unspecified atom stereocenters. The van der Waals surface area contributed by atoms with E-state index in [-0.39, 0.29) is 5.91 Å². The molecule has 2 aromatic carbocycles. The van der Waals surface area contributed by atoms with Crippen LogP contribution in [0.4, 0.5) is 0 Å². The van der Waals surface area contributed by atoms with E-state index in [2.05, 4.69) is 10.4 Å². The number of ether oxygens (including phenoxy) is 1. The number of halogens is 1. The third-order valence-corrected chi connectivity index (χ3v) is 4.37. The van der Waals surface area contributed by atoms with E-state index in [1.807, 2.05) is 41.2 Å². The lowest BCUT2D eigenvalue weighted by Crippen LogP contribution is -2.46. The molecule has 0 saturated heterocycles. The van der Waals surface area contributed by atoms with Gasteiger partial charge < -0.3 is 10.1 Å². The van der Waals surface area contributed by atoms with Crippen LogP contribution in [-0.2, 0) is 17.9 Å². The molecule has 140 valence electrons. The minimum absolute atomic E-state index is 0.182. The van der Waals surface area contributed by atoms with Crippen LogP contribution in [0.15, 0.2) is 67.0 Å². The van der Waals surface area contributed by atoms with Gasteiger partial charge in [0.05, 0.1) is 6.54 Å². The summed E-state index contributed by atoms with van der Waals surface area (Å²) in [6.07, 6.45) is 3.69. The minimum Gasteiger partial charge on any atom is -0.478 e. The molecule has 0 aliphatic heterocycles. The van der Waals surface area contributed by atoms with Crippen molar-refractivity contribution in [1.29, 1.82) is 0 Å². The van der Waals surface area contributed by atoms with E-state index in [0.717, 1.165) is 17.7 Å². The normalized spacial score (nSPS) is 11.2. The Balaban J connectivity index is 1.53. The number of carbonyl (C=O) groups is 1. The van der Waals surface area contributed by atoms with Crippen LogP contribution in [0.3, 0.4) is 0 Å². The number of aromatic nitrogens is 2. The second kappa shape index (κ2) is 8.27. The first kappa shape index (κ1) is 19.0. The Labute approximate surface area is 163 Å². The van der Waals surface area contributed by atoms with Gasteiger partial charge in [0, 0.05) is 24.0 Å². The fraction of sp³-hybridized carbons (Fsp3) is 0.238. The second-order valence-corrected chi connectivity index (χ2v) is 7.21. The molecule has 0 atom stereocenters. The number of nitrogens with zero attached hydrogens (tertiary/aromatic N) is 2.